The molecule has 2 N–H and O–H groups in total. The van der Waals surface area contributed by atoms with Gasteiger partial charge in [0.15, 0.2) is 5.82 Å². The van der Waals surface area contributed by atoms with Crippen molar-refractivity contribution in [3.8, 4) is 6.07 Å². The highest BCUT2D eigenvalue weighted by Gasteiger charge is 2.07. The van der Waals surface area contributed by atoms with Crippen LogP contribution in [-0.4, -0.2) is 14.9 Å². The predicted octanol–water partition coefficient (Wildman–Crippen LogP) is -0.381. The molecule has 1 unspecified atom stereocenters. The van der Waals surface area contributed by atoms with Crippen LogP contribution in [0.3, 0.4) is 0 Å². The predicted molar refractivity (Wildman–Crippen MR) is 34.2 cm³/mol. The second kappa shape index (κ2) is 2.35. The van der Waals surface area contributed by atoms with Crippen LogP contribution >= 0.6 is 0 Å². The van der Waals surface area contributed by atoms with Gasteiger partial charge < -0.3 is 5.84 Å². The molecule has 0 aliphatic heterocycles. The van der Waals surface area contributed by atoms with Gasteiger partial charge in [0.05, 0.1) is 6.07 Å². The molecule has 1 aromatic rings. The Kier molecular flexibility index (Phi) is 1.54. The second-order valence-electron chi connectivity index (χ2n) is 1.93. The van der Waals surface area contributed by atoms with E-state index in [4.69, 9.17) is 11.1 Å². The molecule has 0 bridgehead atoms. The maximum Gasteiger partial charge on any atom is 0.169 e. The summed E-state index contributed by atoms with van der Waals surface area (Å²) >= 11 is 0. The molecule has 0 saturated heterocycles. The van der Waals surface area contributed by atoms with E-state index in [1.807, 2.05) is 6.07 Å². The van der Waals surface area contributed by atoms with Gasteiger partial charge in [0.25, 0.3) is 0 Å². The third kappa shape index (κ3) is 1.05. The maximum atomic E-state index is 8.42. The molecule has 0 aliphatic rings. The molecule has 1 aromatic heterocycles. The third-order valence-corrected chi connectivity index (χ3v) is 1.11. The van der Waals surface area contributed by atoms with Crippen molar-refractivity contribution in [2.75, 3.05) is 5.84 Å². The molecular weight excluding hydrogens is 130 g/mol. The molecule has 0 radical (unpaired) electrons. The van der Waals surface area contributed by atoms with E-state index in [1.165, 1.54) is 6.33 Å². The van der Waals surface area contributed by atoms with Gasteiger partial charge in [-0.15, -0.1) is 5.10 Å². The van der Waals surface area contributed by atoms with E-state index in [9.17, 15) is 0 Å². The van der Waals surface area contributed by atoms with Crippen molar-refractivity contribution in [3.63, 3.8) is 0 Å². The summed E-state index contributed by atoms with van der Waals surface area (Å²) in [6, 6.07) is 2.00. The molecule has 5 heteroatoms. The van der Waals surface area contributed by atoms with Crippen molar-refractivity contribution < 1.29 is 0 Å². The van der Waals surface area contributed by atoms with Crippen molar-refractivity contribution in [1.29, 1.82) is 5.26 Å². The Morgan fingerprint density at radius 3 is 3.00 bits per heavy atom. The lowest BCUT2D eigenvalue weighted by atomic mass is 10.2. The number of nitrogens with two attached hydrogens (primary N) is 1. The Morgan fingerprint density at radius 1 is 1.90 bits per heavy atom. The quantitative estimate of drug-likeness (QED) is 0.535. The minimum absolute atomic E-state index is 0.287. The van der Waals surface area contributed by atoms with Crippen molar-refractivity contribution in [1.82, 2.24) is 14.9 Å². The summed E-state index contributed by atoms with van der Waals surface area (Å²) in [6.45, 7) is 1.72. The first-order chi connectivity index (χ1) is 4.74. The average Bonchev–Trinajstić information content (AvgIpc) is 2.34. The Hall–Kier alpha value is -1.57. The summed E-state index contributed by atoms with van der Waals surface area (Å²) in [6.07, 6.45) is 1.36. The zero-order chi connectivity index (χ0) is 7.56. The largest absolute Gasteiger partial charge is 0.322 e. The van der Waals surface area contributed by atoms with Crippen LogP contribution in [0.5, 0.6) is 0 Å². The smallest absolute Gasteiger partial charge is 0.169 e. The molecule has 0 fully saturated rings. The van der Waals surface area contributed by atoms with Crippen LogP contribution in [0.15, 0.2) is 6.33 Å². The topological polar surface area (TPSA) is 80.5 Å². The summed E-state index contributed by atoms with van der Waals surface area (Å²) in [5.74, 6) is 5.38. The van der Waals surface area contributed by atoms with Crippen molar-refractivity contribution >= 4 is 0 Å². The second-order valence-corrected chi connectivity index (χ2v) is 1.93. The molecule has 5 nitrogen and oxygen atoms in total. The fourth-order valence-electron chi connectivity index (χ4n) is 0.544. The van der Waals surface area contributed by atoms with Gasteiger partial charge in [-0.2, -0.15) is 10.1 Å². The number of hydrogen-bond acceptors (Lipinski definition) is 4. The zero-order valence-corrected chi connectivity index (χ0v) is 5.52. The first kappa shape index (κ1) is 6.55. The Bertz CT molecular complexity index is 257. The Morgan fingerprint density at radius 2 is 2.60 bits per heavy atom. The molecule has 52 valence electrons. The van der Waals surface area contributed by atoms with Crippen molar-refractivity contribution in [2.24, 2.45) is 0 Å². The summed E-state index contributed by atoms with van der Waals surface area (Å²) in [4.78, 5) is 4.88. The molecule has 1 rings (SSSR count). The van der Waals surface area contributed by atoms with Gasteiger partial charge >= 0.3 is 0 Å². The van der Waals surface area contributed by atoms with Gasteiger partial charge in [-0.3, -0.25) is 0 Å². The summed E-state index contributed by atoms with van der Waals surface area (Å²) in [5.41, 5.74) is 0. The Labute approximate surface area is 58.1 Å². The highest BCUT2D eigenvalue weighted by molar-refractivity contribution is 5.03. The van der Waals surface area contributed by atoms with Crippen molar-refractivity contribution in [3.05, 3.63) is 12.2 Å². The van der Waals surface area contributed by atoms with E-state index in [1.54, 1.807) is 6.92 Å². The van der Waals surface area contributed by atoms with Crippen LogP contribution in [-0.2, 0) is 0 Å². The Balaban J connectivity index is 2.87. The van der Waals surface area contributed by atoms with Crippen LogP contribution in [0.2, 0.25) is 0 Å². The number of hydrogen-bond donors (Lipinski definition) is 1. The van der Waals surface area contributed by atoms with Gasteiger partial charge in [-0.25, -0.2) is 4.98 Å². The zero-order valence-electron chi connectivity index (χ0n) is 5.52. The minimum Gasteiger partial charge on any atom is -0.322 e. The number of nitrogen functional groups attached to an aromatic ring is 1. The molecule has 0 amide bonds. The maximum absolute atomic E-state index is 8.42. The SMILES string of the molecule is CC(C#N)c1ncn(N)n1. The van der Waals surface area contributed by atoms with E-state index >= 15 is 0 Å². The van der Waals surface area contributed by atoms with E-state index in [2.05, 4.69) is 10.1 Å². The van der Waals surface area contributed by atoms with Gasteiger partial charge in [0.1, 0.15) is 12.2 Å². The van der Waals surface area contributed by atoms with Crippen LogP contribution in [0.1, 0.15) is 18.7 Å². The van der Waals surface area contributed by atoms with Gasteiger partial charge in [0.2, 0.25) is 0 Å². The number of rotatable bonds is 1. The minimum atomic E-state index is -0.287. The fourth-order valence-corrected chi connectivity index (χ4v) is 0.544. The monoisotopic (exact) mass is 137 g/mol. The molecule has 1 heterocycles. The first-order valence-electron chi connectivity index (χ1n) is 2.80. The lowest BCUT2D eigenvalue weighted by Crippen LogP contribution is -2.08. The fraction of sp³-hybridized carbons (Fsp3) is 0.400. The van der Waals surface area contributed by atoms with E-state index in [-0.39, 0.29) is 5.92 Å². The molecular formula is C5H7N5. The number of nitriles is 1. The van der Waals surface area contributed by atoms with Crippen LogP contribution in [0, 0.1) is 11.3 Å². The lowest BCUT2D eigenvalue weighted by Gasteiger charge is -1.90. The average molecular weight is 137 g/mol. The molecule has 1 atom stereocenters. The molecule has 0 saturated carbocycles. The van der Waals surface area contributed by atoms with Gasteiger partial charge in [0, 0.05) is 0 Å². The highest BCUT2D eigenvalue weighted by Crippen LogP contribution is 2.05. The van der Waals surface area contributed by atoms with E-state index in [0.717, 1.165) is 4.79 Å². The number of nitrogens with zero attached hydrogens (tertiary/aromatic N) is 4. The van der Waals surface area contributed by atoms with E-state index in [0.29, 0.717) is 5.82 Å². The summed E-state index contributed by atoms with van der Waals surface area (Å²) in [5, 5.41) is 12.2. The molecule has 0 spiro atoms. The summed E-state index contributed by atoms with van der Waals surface area (Å²) in [7, 11) is 0. The standard InChI is InChI=1S/C5H7N5/c1-4(2-6)5-8-3-10(7)9-5/h3-4H,7H2,1H3. The van der Waals surface area contributed by atoms with E-state index < -0.39 is 0 Å². The third-order valence-electron chi connectivity index (χ3n) is 1.11. The number of aromatic nitrogens is 3. The van der Waals surface area contributed by atoms with Gasteiger partial charge in [-0.1, -0.05) is 0 Å². The highest BCUT2D eigenvalue weighted by atomic mass is 15.5. The van der Waals surface area contributed by atoms with Crippen molar-refractivity contribution in [2.45, 2.75) is 12.8 Å². The van der Waals surface area contributed by atoms with Crippen LogP contribution in [0.25, 0.3) is 0 Å². The molecule has 0 aliphatic carbocycles. The lowest BCUT2D eigenvalue weighted by molar-refractivity contribution is 0.778. The van der Waals surface area contributed by atoms with Crippen LogP contribution < -0.4 is 5.84 Å². The summed E-state index contributed by atoms with van der Waals surface area (Å²) < 4.78 is 0. The first-order valence-corrected chi connectivity index (χ1v) is 2.80. The molecule has 10 heavy (non-hydrogen) atoms. The molecule has 0 aromatic carbocycles. The normalized spacial score (nSPS) is 12.4. The van der Waals surface area contributed by atoms with Crippen LogP contribution in [0.4, 0.5) is 0 Å². The van der Waals surface area contributed by atoms with Gasteiger partial charge in [-0.05, 0) is 6.92 Å².